The van der Waals surface area contributed by atoms with Crippen LogP contribution in [0.3, 0.4) is 0 Å². The molecule has 0 bridgehead atoms. The average Bonchev–Trinajstić information content (AvgIpc) is 2.45. The van der Waals surface area contributed by atoms with E-state index < -0.39 is 10.0 Å². The fraction of sp³-hybridized carbons (Fsp3) is 0.200. The van der Waals surface area contributed by atoms with Crippen LogP contribution in [-0.4, -0.2) is 8.42 Å². The van der Waals surface area contributed by atoms with Crippen LogP contribution >= 0.6 is 0 Å². The highest BCUT2D eigenvalue weighted by atomic mass is 32.2. The van der Waals surface area contributed by atoms with Crippen LogP contribution in [0.25, 0.3) is 0 Å². The van der Waals surface area contributed by atoms with Gasteiger partial charge in [0.25, 0.3) is 0 Å². The predicted octanol–water partition coefficient (Wildman–Crippen LogP) is 1.93. The van der Waals surface area contributed by atoms with Gasteiger partial charge in [-0.25, -0.2) is 13.1 Å². The van der Waals surface area contributed by atoms with E-state index in [9.17, 15) is 8.42 Å². The molecular weight excluding hydrogens is 272 g/mol. The molecule has 0 radical (unpaired) electrons. The summed E-state index contributed by atoms with van der Waals surface area (Å²) in [6.45, 7) is 2.66. The lowest BCUT2D eigenvalue weighted by molar-refractivity contribution is 0.581. The second kappa shape index (κ2) is 6.17. The minimum absolute atomic E-state index is 0.252. The molecule has 2 rings (SSSR count). The summed E-state index contributed by atoms with van der Waals surface area (Å²) >= 11 is 0. The molecular formula is C15H18N2O2S. The molecule has 0 saturated heterocycles. The van der Waals surface area contributed by atoms with Crippen LogP contribution in [0.2, 0.25) is 0 Å². The molecule has 0 aromatic heterocycles. The Morgan fingerprint density at radius 2 is 1.75 bits per heavy atom. The molecule has 2 aromatic rings. The maximum atomic E-state index is 12.1. The van der Waals surface area contributed by atoms with E-state index >= 15 is 0 Å². The van der Waals surface area contributed by atoms with Gasteiger partial charge >= 0.3 is 0 Å². The minimum atomic E-state index is -3.49. The lowest BCUT2D eigenvalue weighted by Gasteiger charge is -2.08. The van der Waals surface area contributed by atoms with Gasteiger partial charge in [0, 0.05) is 13.1 Å². The molecule has 106 valence electrons. The van der Waals surface area contributed by atoms with Crippen molar-refractivity contribution in [3.05, 3.63) is 65.2 Å². The van der Waals surface area contributed by atoms with E-state index in [0.29, 0.717) is 6.54 Å². The van der Waals surface area contributed by atoms with Gasteiger partial charge in [-0.3, -0.25) is 0 Å². The zero-order valence-corrected chi connectivity index (χ0v) is 12.2. The molecule has 0 atom stereocenters. The van der Waals surface area contributed by atoms with Gasteiger partial charge in [0.05, 0.1) is 4.90 Å². The highest BCUT2D eigenvalue weighted by Crippen LogP contribution is 2.11. The van der Waals surface area contributed by atoms with Crippen LogP contribution in [0.5, 0.6) is 0 Å². The van der Waals surface area contributed by atoms with Crippen LogP contribution in [0.15, 0.2) is 53.4 Å². The zero-order valence-electron chi connectivity index (χ0n) is 11.3. The topological polar surface area (TPSA) is 72.2 Å². The standard InChI is InChI=1S/C15H18N2O2S/c1-12-3-2-4-14(9-12)11-17-20(18,19)15-7-5-13(10-16)6-8-15/h2-9,17H,10-11,16H2,1H3. The van der Waals surface area contributed by atoms with Crippen LogP contribution in [0.4, 0.5) is 0 Å². The molecule has 0 unspecified atom stereocenters. The van der Waals surface area contributed by atoms with Gasteiger partial charge in [0.2, 0.25) is 10.0 Å². The quantitative estimate of drug-likeness (QED) is 0.884. The van der Waals surface area contributed by atoms with E-state index in [-0.39, 0.29) is 11.4 Å². The normalized spacial score (nSPS) is 11.5. The number of benzene rings is 2. The maximum absolute atomic E-state index is 12.1. The Hall–Kier alpha value is -1.69. The van der Waals surface area contributed by atoms with Gasteiger partial charge in [-0.2, -0.15) is 0 Å². The van der Waals surface area contributed by atoms with E-state index in [1.165, 1.54) is 0 Å². The number of nitrogens with two attached hydrogens (primary N) is 1. The Balaban J connectivity index is 2.10. The first kappa shape index (κ1) is 14.7. The summed E-state index contributed by atoms with van der Waals surface area (Å²) < 4.78 is 26.9. The SMILES string of the molecule is Cc1cccc(CNS(=O)(=O)c2ccc(CN)cc2)c1. The summed E-state index contributed by atoms with van der Waals surface area (Å²) in [5.74, 6) is 0. The minimum Gasteiger partial charge on any atom is -0.326 e. The molecule has 0 aliphatic heterocycles. The first-order chi connectivity index (χ1) is 9.51. The Morgan fingerprint density at radius 3 is 2.35 bits per heavy atom. The van der Waals surface area contributed by atoms with E-state index in [1.54, 1.807) is 24.3 Å². The van der Waals surface area contributed by atoms with Gasteiger partial charge in [-0.15, -0.1) is 0 Å². The second-order valence-corrected chi connectivity index (χ2v) is 6.43. The smallest absolute Gasteiger partial charge is 0.240 e. The van der Waals surface area contributed by atoms with Crippen molar-refractivity contribution in [3.63, 3.8) is 0 Å². The first-order valence-corrected chi connectivity index (χ1v) is 7.84. The highest BCUT2D eigenvalue weighted by Gasteiger charge is 2.13. The zero-order chi connectivity index (χ0) is 14.6. The van der Waals surface area contributed by atoms with Crippen molar-refractivity contribution in [1.82, 2.24) is 4.72 Å². The molecule has 0 aliphatic rings. The third-order valence-electron chi connectivity index (χ3n) is 3.02. The molecule has 4 nitrogen and oxygen atoms in total. The molecule has 0 amide bonds. The number of sulfonamides is 1. The number of nitrogens with one attached hydrogen (secondary N) is 1. The molecule has 0 saturated carbocycles. The lowest BCUT2D eigenvalue weighted by Crippen LogP contribution is -2.23. The van der Waals surface area contributed by atoms with Crippen molar-refractivity contribution < 1.29 is 8.42 Å². The largest absolute Gasteiger partial charge is 0.326 e. The first-order valence-electron chi connectivity index (χ1n) is 6.35. The summed E-state index contributed by atoms with van der Waals surface area (Å²) in [6, 6.07) is 14.3. The molecule has 0 aliphatic carbocycles. The van der Waals surface area contributed by atoms with E-state index in [4.69, 9.17) is 5.73 Å². The van der Waals surface area contributed by atoms with Crippen LogP contribution in [0, 0.1) is 6.92 Å². The van der Waals surface area contributed by atoms with Gasteiger partial charge in [-0.1, -0.05) is 42.0 Å². The van der Waals surface area contributed by atoms with E-state index in [1.807, 2.05) is 31.2 Å². The van der Waals surface area contributed by atoms with E-state index in [0.717, 1.165) is 16.7 Å². The van der Waals surface area contributed by atoms with Gasteiger partial charge in [0.15, 0.2) is 0 Å². The molecule has 5 heteroatoms. The Labute approximate surface area is 119 Å². The molecule has 20 heavy (non-hydrogen) atoms. The lowest BCUT2D eigenvalue weighted by atomic mass is 10.1. The van der Waals surface area contributed by atoms with Crippen molar-refractivity contribution in [3.8, 4) is 0 Å². The molecule has 0 fully saturated rings. The number of hydrogen-bond acceptors (Lipinski definition) is 3. The van der Waals surface area contributed by atoms with Crippen molar-refractivity contribution in [2.75, 3.05) is 0 Å². The summed E-state index contributed by atoms with van der Waals surface area (Å²) in [6.07, 6.45) is 0. The molecule has 2 aromatic carbocycles. The summed E-state index contributed by atoms with van der Waals surface area (Å²) in [7, 11) is -3.49. The molecule has 0 heterocycles. The number of hydrogen-bond donors (Lipinski definition) is 2. The highest BCUT2D eigenvalue weighted by molar-refractivity contribution is 7.89. The van der Waals surface area contributed by atoms with Gasteiger partial charge in [-0.05, 0) is 30.2 Å². The van der Waals surface area contributed by atoms with Crippen LogP contribution in [-0.2, 0) is 23.1 Å². The van der Waals surface area contributed by atoms with Crippen LogP contribution in [0.1, 0.15) is 16.7 Å². The maximum Gasteiger partial charge on any atom is 0.240 e. The Bertz CT molecular complexity index is 679. The van der Waals surface area contributed by atoms with Gasteiger partial charge in [0.1, 0.15) is 0 Å². The van der Waals surface area contributed by atoms with Crippen molar-refractivity contribution in [2.24, 2.45) is 5.73 Å². The fourth-order valence-electron chi connectivity index (χ4n) is 1.89. The monoisotopic (exact) mass is 290 g/mol. The van der Waals surface area contributed by atoms with E-state index in [2.05, 4.69) is 4.72 Å². The second-order valence-electron chi connectivity index (χ2n) is 4.66. The number of rotatable bonds is 5. The average molecular weight is 290 g/mol. The van der Waals surface area contributed by atoms with Crippen molar-refractivity contribution in [1.29, 1.82) is 0 Å². The number of aryl methyl sites for hydroxylation is 1. The fourth-order valence-corrected chi connectivity index (χ4v) is 2.91. The third-order valence-corrected chi connectivity index (χ3v) is 4.44. The summed E-state index contributed by atoms with van der Waals surface area (Å²) in [5, 5.41) is 0. The predicted molar refractivity (Wildman–Crippen MR) is 79.5 cm³/mol. The Morgan fingerprint density at radius 1 is 1.05 bits per heavy atom. The molecule has 3 N–H and O–H groups in total. The van der Waals surface area contributed by atoms with Crippen LogP contribution < -0.4 is 10.5 Å². The van der Waals surface area contributed by atoms with Crippen molar-refractivity contribution in [2.45, 2.75) is 24.9 Å². The third kappa shape index (κ3) is 3.66. The Kier molecular flexibility index (Phi) is 4.54. The summed E-state index contributed by atoms with van der Waals surface area (Å²) in [5.41, 5.74) is 8.44. The van der Waals surface area contributed by atoms with Crippen molar-refractivity contribution >= 4 is 10.0 Å². The summed E-state index contributed by atoms with van der Waals surface area (Å²) in [4.78, 5) is 0.252. The molecule has 0 spiro atoms. The van der Waals surface area contributed by atoms with Gasteiger partial charge < -0.3 is 5.73 Å².